The van der Waals surface area contributed by atoms with Crippen molar-refractivity contribution in [3.8, 4) is 0 Å². The number of anilines is 1. The average molecular weight is 416 g/mol. The molecule has 0 spiro atoms. The fraction of sp³-hybridized carbons (Fsp3) is 0.409. The number of carbonyl (C=O) groups excluding carboxylic acids is 1. The number of amides is 1. The highest BCUT2D eigenvalue weighted by Crippen LogP contribution is 2.24. The summed E-state index contributed by atoms with van der Waals surface area (Å²) < 4.78 is 27.3. The van der Waals surface area contributed by atoms with Gasteiger partial charge in [0.2, 0.25) is 15.9 Å². The van der Waals surface area contributed by atoms with Crippen LogP contribution < -0.4 is 4.90 Å². The topological polar surface area (TPSA) is 60.9 Å². The second kappa shape index (κ2) is 8.55. The number of aryl methyl sites for hydroxylation is 3. The Kier molecular flexibility index (Phi) is 6.29. The lowest BCUT2D eigenvalue weighted by molar-refractivity contribution is -0.131. The van der Waals surface area contributed by atoms with Crippen LogP contribution in [0, 0.1) is 20.8 Å². The van der Waals surface area contributed by atoms with Crippen molar-refractivity contribution in [2.45, 2.75) is 25.7 Å². The summed E-state index contributed by atoms with van der Waals surface area (Å²) in [7, 11) is -2.25. The van der Waals surface area contributed by atoms with Gasteiger partial charge in [-0.2, -0.15) is 4.31 Å². The highest BCUT2D eigenvalue weighted by molar-refractivity contribution is 7.89. The highest BCUT2D eigenvalue weighted by Gasteiger charge is 2.29. The van der Waals surface area contributed by atoms with Crippen molar-refractivity contribution in [3.63, 3.8) is 0 Å². The zero-order chi connectivity index (χ0) is 21.2. The number of carbonyl (C=O) groups is 1. The van der Waals surface area contributed by atoms with Crippen LogP contribution in [0.15, 0.2) is 47.4 Å². The molecule has 0 aliphatic carbocycles. The Balaban J connectivity index is 1.65. The summed E-state index contributed by atoms with van der Waals surface area (Å²) in [4.78, 5) is 17.0. The van der Waals surface area contributed by atoms with Gasteiger partial charge < -0.3 is 9.80 Å². The first-order valence-electron chi connectivity index (χ1n) is 9.82. The summed E-state index contributed by atoms with van der Waals surface area (Å²) in [6.07, 6.45) is 0. The van der Waals surface area contributed by atoms with Crippen molar-refractivity contribution in [2.75, 3.05) is 44.7 Å². The molecule has 3 rings (SSSR count). The van der Waals surface area contributed by atoms with Gasteiger partial charge in [0.1, 0.15) is 0 Å². The lowest BCUT2D eigenvalue weighted by atomic mass is 10.1. The van der Waals surface area contributed by atoms with Crippen molar-refractivity contribution in [1.82, 2.24) is 9.21 Å². The van der Waals surface area contributed by atoms with Crippen LogP contribution in [0.4, 0.5) is 5.69 Å². The van der Waals surface area contributed by atoms with Gasteiger partial charge in [-0.15, -0.1) is 0 Å². The number of rotatable bonds is 5. The molecule has 6 nitrogen and oxygen atoms in total. The number of benzene rings is 2. The minimum Gasteiger partial charge on any atom is -0.368 e. The van der Waals surface area contributed by atoms with Crippen LogP contribution in [0.25, 0.3) is 0 Å². The Morgan fingerprint density at radius 3 is 2.07 bits per heavy atom. The lowest BCUT2D eigenvalue weighted by Crippen LogP contribution is -2.51. The molecule has 1 heterocycles. The standard InChI is InChI=1S/C22H29N3O3S/c1-17-14-18(2)22(19(3)15-17)29(27,28)23(4)16-21(26)25-12-10-24(11-13-25)20-8-6-5-7-9-20/h5-9,14-15H,10-13,16H2,1-4H3. The SMILES string of the molecule is Cc1cc(C)c(S(=O)(=O)N(C)CC(=O)N2CCN(c3ccccc3)CC2)c(C)c1. The van der Waals surface area contributed by atoms with E-state index in [0.29, 0.717) is 29.1 Å². The predicted octanol–water partition coefficient (Wildman–Crippen LogP) is 2.58. The van der Waals surface area contributed by atoms with Gasteiger partial charge in [-0.3, -0.25) is 4.79 Å². The number of piperazine rings is 1. The van der Waals surface area contributed by atoms with E-state index < -0.39 is 10.0 Å². The number of hydrogen-bond donors (Lipinski definition) is 0. The first kappa shape index (κ1) is 21.3. The average Bonchev–Trinajstić information content (AvgIpc) is 2.67. The second-order valence-electron chi connectivity index (χ2n) is 7.69. The van der Waals surface area contributed by atoms with Crippen LogP contribution in [0.3, 0.4) is 0 Å². The molecule has 0 atom stereocenters. The van der Waals surface area contributed by atoms with E-state index in [1.54, 1.807) is 18.7 Å². The minimum absolute atomic E-state index is 0.152. The first-order valence-corrected chi connectivity index (χ1v) is 11.3. The van der Waals surface area contributed by atoms with Crippen molar-refractivity contribution >= 4 is 21.6 Å². The lowest BCUT2D eigenvalue weighted by Gasteiger charge is -2.36. The molecule has 0 unspecified atom stereocenters. The fourth-order valence-corrected chi connectivity index (χ4v) is 5.48. The van der Waals surface area contributed by atoms with E-state index in [4.69, 9.17) is 0 Å². The zero-order valence-electron chi connectivity index (χ0n) is 17.6. The molecule has 1 amide bonds. The van der Waals surface area contributed by atoms with E-state index in [1.807, 2.05) is 37.3 Å². The summed E-state index contributed by atoms with van der Waals surface area (Å²) in [6.45, 7) is 8.04. The smallest absolute Gasteiger partial charge is 0.243 e. The van der Waals surface area contributed by atoms with Gasteiger partial charge in [-0.1, -0.05) is 35.9 Å². The van der Waals surface area contributed by atoms with Crippen LogP contribution in [-0.2, 0) is 14.8 Å². The zero-order valence-corrected chi connectivity index (χ0v) is 18.4. The Hall–Kier alpha value is -2.38. The van der Waals surface area contributed by atoms with E-state index in [0.717, 1.165) is 24.3 Å². The third-order valence-corrected chi connectivity index (χ3v) is 7.49. The molecule has 156 valence electrons. The third kappa shape index (κ3) is 4.62. The van der Waals surface area contributed by atoms with Crippen molar-refractivity contribution < 1.29 is 13.2 Å². The maximum atomic E-state index is 13.1. The van der Waals surface area contributed by atoms with Gasteiger partial charge >= 0.3 is 0 Å². The molecule has 0 bridgehead atoms. The number of likely N-dealkylation sites (N-methyl/N-ethyl adjacent to an activating group) is 1. The van der Waals surface area contributed by atoms with Gasteiger partial charge in [0.15, 0.2) is 0 Å². The van der Waals surface area contributed by atoms with Crippen LogP contribution in [0.2, 0.25) is 0 Å². The molecule has 2 aromatic carbocycles. The Labute approximate surface area is 173 Å². The van der Waals surface area contributed by atoms with Crippen LogP contribution in [0.5, 0.6) is 0 Å². The summed E-state index contributed by atoms with van der Waals surface area (Å²) in [5, 5.41) is 0. The van der Waals surface area contributed by atoms with Crippen molar-refractivity contribution in [3.05, 3.63) is 59.2 Å². The molecule has 0 N–H and O–H groups in total. The molecule has 7 heteroatoms. The Morgan fingerprint density at radius 2 is 1.52 bits per heavy atom. The monoisotopic (exact) mass is 415 g/mol. The summed E-state index contributed by atoms with van der Waals surface area (Å²) in [5.41, 5.74) is 3.58. The number of sulfonamides is 1. The maximum Gasteiger partial charge on any atom is 0.243 e. The molecule has 0 radical (unpaired) electrons. The molecule has 1 aliphatic rings. The fourth-order valence-electron chi connectivity index (χ4n) is 3.96. The molecule has 1 fully saturated rings. The normalized spacial score (nSPS) is 15.1. The quantitative estimate of drug-likeness (QED) is 0.753. The van der Waals surface area contributed by atoms with Crippen LogP contribution >= 0.6 is 0 Å². The Morgan fingerprint density at radius 1 is 0.966 bits per heavy atom. The van der Waals surface area contributed by atoms with Crippen molar-refractivity contribution in [1.29, 1.82) is 0 Å². The number of nitrogens with zero attached hydrogens (tertiary/aromatic N) is 3. The van der Waals surface area contributed by atoms with E-state index >= 15 is 0 Å². The molecule has 2 aromatic rings. The molecule has 0 saturated carbocycles. The van der Waals surface area contributed by atoms with Crippen LogP contribution in [0.1, 0.15) is 16.7 Å². The first-order chi connectivity index (χ1) is 13.7. The number of para-hydroxylation sites is 1. The van der Waals surface area contributed by atoms with E-state index in [-0.39, 0.29) is 12.5 Å². The van der Waals surface area contributed by atoms with Gasteiger partial charge in [0, 0.05) is 38.9 Å². The molecule has 1 aliphatic heterocycles. The molecular weight excluding hydrogens is 386 g/mol. The summed E-state index contributed by atoms with van der Waals surface area (Å²) in [6, 6.07) is 13.8. The van der Waals surface area contributed by atoms with E-state index in [9.17, 15) is 13.2 Å². The second-order valence-corrected chi connectivity index (χ2v) is 9.67. The van der Waals surface area contributed by atoms with Gasteiger partial charge in [-0.05, 0) is 44.0 Å². The summed E-state index contributed by atoms with van der Waals surface area (Å²) in [5.74, 6) is -0.161. The van der Waals surface area contributed by atoms with Gasteiger partial charge in [-0.25, -0.2) is 8.42 Å². The molecule has 0 aromatic heterocycles. The van der Waals surface area contributed by atoms with Crippen molar-refractivity contribution in [2.24, 2.45) is 0 Å². The molecule has 1 saturated heterocycles. The summed E-state index contributed by atoms with van der Waals surface area (Å²) >= 11 is 0. The Bertz CT molecular complexity index is 959. The predicted molar refractivity (Wildman–Crippen MR) is 116 cm³/mol. The van der Waals surface area contributed by atoms with Crippen LogP contribution in [-0.4, -0.2) is 63.3 Å². The maximum absolute atomic E-state index is 13.1. The number of hydrogen-bond acceptors (Lipinski definition) is 4. The molecule has 29 heavy (non-hydrogen) atoms. The van der Waals surface area contributed by atoms with Gasteiger partial charge in [0.05, 0.1) is 11.4 Å². The molecular formula is C22H29N3O3S. The van der Waals surface area contributed by atoms with Gasteiger partial charge in [0.25, 0.3) is 0 Å². The third-order valence-electron chi connectivity index (χ3n) is 5.38. The highest BCUT2D eigenvalue weighted by atomic mass is 32.2. The van der Waals surface area contributed by atoms with E-state index in [1.165, 1.54) is 11.4 Å². The van der Waals surface area contributed by atoms with E-state index in [2.05, 4.69) is 17.0 Å². The minimum atomic E-state index is -3.73. The largest absolute Gasteiger partial charge is 0.368 e.